The molecule has 88 valence electrons. The van der Waals surface area contributed by atoms with Gasteiger partial charge in [-0.15, -0.1) is 13.2 Å². The Balaban J connectivity index is 3.03. The van der Waals surface area contributed by atoms with Crippen LogP contribution in [0.1, 0.15) is 39.5 Å². The number of Topliss-reactive ketones (excluding diaryl/α,β-unsaturated/α-hetero) is 2. The van der Waals surface area contributed by atoms with Crippen molar-refractivity contribution in [2.75, 3.05) is 0 Å². The molecule has 1 aliphatic carbocycles. The van der Waals surface area contributed by atoms with E-state index in [4.69, 9.17) is 0 Å². The zero-order valence-electron chi connectivity index (χ0n) is 10.2. The Morgan fingerprint density at radius 1 is 1.06 bits per heavy atom. The summed E-state index contributed by atoms with van der Waals surface area (Å²) in [7, 11) is 0. The lowest BCUT2D eigenvalue weighted by Crippen LogP contribution is -2.45. The maximum atomic E-state index is 12.2. The fourth-order valence-corrected chi connectivity index (χ4v) is 2.34. The third-order valence-electron chi connectivity index (χ3n) is 3.52. The van der Waals surface area contributed by atoms with Gasteiger partial charge in [-0.3, -0.25) is 9.59 Å². The van der Waals surface area contributed by atoms with E-state index < -0.39 is 10.8 Å². The van der Waals surface area contributed by atoms with Gasteiger partial charge in [-0.05, 0) is 12.8 Å². The molecule has 0 heterocycles. The second kappa shape index (κ2) is 4.36. The van der Waals surface area contributed by atoms with Crippen molar-refractivity contribution < 1.29 is 9.59 Å². The second-order valence-corrected chi connectivity index (χ2v) is 5.35. The van der Waals surface area contributed by atoms with Crippen molar-refractivity contribution in [3.05, 3.63) is 25.3 Å². The first kappa shape index (κ1) is 12.9. The summed E-state index contributed by atoms with van der Waals surface area (Å²) in [5.74, 6) is 0.354. The van der Waals surface area contributed by atoms with Gasteiger partial charge in [0.1, 0.15) is 11.6 Å². The van der Waals surface area contributed by atoms with E-state index in [2.05, 4.69) is 13.2 Å². The second-order valence-electron chi connectivity index (χ2n) is 5.35. The molecule has 0 atom stereocenters. The van der Waals surface area contributed by atoms with Gasteiger partial charge in [0.05, 0.1) is 0 Å². The van der Waals surface area contributed by atoms with Crippen LogP contribution in [-0.2, 0) is 9.59 Å². The fourth-order valence-electron chi connectivity index (χ4n) is 2.34. The molecule has 16 heavy (non-hydrogen) atoms. The Hall–Kier alpha value is -1.18. The quantitative estimate of drug-likeness (QED) is 0.682. The smallest absolute Gasteiger partial charge is 0.141 e. The van der Waals surface area contributed by atoms with Crippen LogP contribution in [-0.4, -0.2) is 11.6 Å². The number of carbonyl (C=O) groups excluding carboxylic acids is 2. The number of hydrogen-bond acceptors (Lipinski definition) is 2. The van der Waals surface area contributed by atoms with Crippen LogP contribution in [0, 0.1) is 10.8 Å². The van der Waals surface area contributed by atoms with Gasteiger partial charge in [0.2, 0.25) is 0 Å². The summed E-state index contributed by atoms with van der Waals surface area (Å²) in [5.41, 5.74) is -1.06. The molecule has 1 aliphatic rings. The third-order valence-corrected chi connectivity index (χ3v) is 3.52. The highest BCUT2D eigenvalue weighted by atomic mass is 16.1. The maximum Gasteiger partial charge on any atom is 0.141 e. The molecule has 1 fully saturated rings. The molecule has 0 bridgehead atoms. The van der Waals surface area contributed by atoms with Crippen molar-refractivity contribution in [3.63, 3.8) is 0 Å². The molecular formula is C14H20O2. The van der Waals surface area contributed by atoms with Gasteiger partial charge >= 0.3 is 0 Å². The minimum Gasteiger partial charge on any atom is -0.299 e. The van der Waals surface area contributed by atoms with E-state index in [0.29, 0.717) is 25.7 Å². The van der Waals surface area contributed by atoms with E-state index in [9.17, 15) is 9.59 Å². The van der Waals surface area contributed by atoms with E-state index in [1.54, 1.807) is 12.2 Å². The van der Waals surface area contributed by atoms with E-state index in [1.807, 2.05) is 13.8 Å². The minimum atomic E-state index is -0.559. The first-order chi connectivity index (χ1) is 7.38. The number of hydrogen-bond donors (Lipinski definition) is 0. The summed E-state index contributed by atoms with van der Waals surface area (Å²) in [6.45, 7) is 11.1. The third kappa shape index (κ3) is 2.16. The highest BCUT2D eigenvalue weighted by Crippen LogP contribution is 2.44. The normalized spacial score (nSPS) is 22.9. The van der Waals surface area contributed by atoms with Gasteiger partial charge in [0.25, 0.3) is 0 Å². The molecule has 2 nitrogen and oxygen atoms in total. The van der Waals surface area contributed by atoms with Crippen LogP contribution in [0.25, 0.3) is 0 Å². The van der Waals surface area contributed by atoms with Crippen LogP contribution >= 0.6 is 0 Å². The lowest BCUT2D eigenvalue weighted by molar-refractivity contribution is -0.147. The van der Waals surface area contributed by atoms with Crippen LogP contribution in [0.2, 0.25) is 0 Å². The number of allylic oxidation sites excluding steroid dienone is 2. The zero-order chi connectivity index (χ0) is 12.4. The summed E-state index contributed by atoms with van der Waals surface area (Å²) in [4.78, 5) is 24.2. The SMILES string of the molecule is C=CCC1(CC=C)CC(=O)C(C)(C)CC1=O. The van der Waals surface area contributed by atoms with Gasteiger partial charge < -0.3 is 0 Å². The van der Waals surface area contributed by atoms with Crippen LogP contribution in [0.3, 0.4) is 0 Å². The number of rotatable bonds is 4. The summed E-state index contributed by atoms with van der Waals surface area (Å²) in [5, 5.41) is 0. The van der Waals surface area contributed by atoms with Gasteiger partial charge in [0, 0.05) is 23.7 Å². The van der Waals surface area contributed by atoms with Crippen molar-refractivity contribution in [2.45, 2.75) is 39.5 Å². The molecule has 0 N–H and O–H groups in total. The highest BCUT2D eigenvalue weighted by Gasteiger charge is 2.48. The average Bonchev–Trinajstić information content (AvgIpc) is 2.15. The van der Waals surface area contributed by atoms with E-state index in [-0.39, 0.29) is 11.6 Å². The molecule has 0 unspecified atom stereocenters. The number of carbonyl (C=O) groups is 2. The van der Waals surface area contributed by atoms with Crippen LogP contribution in [0.15, 0.2) is 25.3 Å². The van der Waals surface area contributed by atoms with Crippen molar-refractivity contribution in [1.29, 1.82) is 0 Å². The van der Waals surface area contributed by atoms with E-state index in [1.165, 1.54) is 0 Å². The lowest BCUT2D eigenvalue weighted by Gasteiger charge is -2.40. The van der Waals surface area contributed by atoms with Crippen LogP contribution < -0.4 is 0 Å². The topological polar surface area (TPSA) is 34.1 Å². The molecule has 1 saturated carbocycles. The van der Waals surface area contributed by atoms with E-state index in [0.717, 1.165) is 0 Å². The van der Waals surface area contributed by atoms with Gasteiger partial charge in [-0.1, -0.05) is 26.0 Å². The summed E-state index contributed by atoms with van der Waals surface area (Å²) >= 11 is 0. The fraction of sp³-hybridized carbons (Fsp3) is 0.571. The molecule has 0 radical (unpaired) electrons. The molecule has 0 aliphatic heterocycles. The first-order valence-corrected chi connectivity index (χ1v) is 5.66. The number of ketones is 2. The lowest BCUT2D eigenvalue weighted by atomic mass is 9.61. The Kier molecular flexibility index (Phi) is 3.51. The van der Waals surface area contributed by atoms with Crippen molar-refractivity contribution in [2.24, 2.45) is 10.8 Å². The highest BCUT2D eigenvalue weighted by molar-refractivity contribution is 6.00. The first-order valence-electron chi connectivity index (χ1n) is 5.66. The largest absolute Gasteiger partial charge is 0.299 e. The summed E-state index contributed by atoms with van der Waals surface area (Å²) < 4.78 is 0. The maximum absolute atomic E-state index is 12.2. The Morgan fingerprint density at radius 2 is 1.56 bits per heavy atom. The minimum absolute atomic E-state index is 0.177. The van der Waals surface area contributed by atoms with Crippen molar-refractivity contribution >= 4 is 11.6 Å². The molecule has 2 heteroatoms. The molecule has 0 aromatic heterocycles. The van der Waals surface area contributed by atoms with Crippen LogP contribution in [0.5, 0.6) is 0 Å². The molecule has 0 aromatic rings. The predicted octanol–water partition coefficient (Wildman–Crippen LogP) is 3.08. The monoisotopic (exact) mass is 220 g/mol. The Morgan fingerprint density at radius 3 is 2.00 bits per heavy atom. The van der Waals surface area contributed by atoms with Gasteiger partial charge in [0.15, 0.2) is 0 Å². The average molecular weight is 220 g/mol. The van der Waals surface area contributed by atoms with Crippen molar-refractivity contribution in [3.8, 4) is 0 Å². The van der Waals surface area contributed by atoms with E-state index >= 15 is 0 Å². The molecule has 0 amide bonds. The molecule has 0 spiro atoms. The molecule has 0 saturated heterocycles. The van der Waals surface area contributed by atoms with Gasteiger partial charge in [-0.2, -0.15) is 0 Å². The Labute approximate surface area is 97.4 Å². The van der Waals surface area contributed by atoms with Crippen molar-refractivity contribution in [1.82, 2.24) is 0 Å². The Bertz CT molecular complexity index is 327. The molecule has 0 aromatic carbocycles. The molecule has 1 rings (SSSR count). The van der Waals surface area contributed by atoms with Crippen LogP contribution in [0.4, 0.5) is 0 Å². The summed E-state index contributed by atoms with van der Waals surface area (Å²) in [6.07, 6.45) is 5.27. The predicted molar refractivity (Wildman–Crippen MR) is 65.1 cm³/mol. The summed E-state index contributed by atoms with van der Waals surface area (Å²) in [6, 6.07) is 0. The molecular weight excluding hydrogens is 200 g/mol. The zero-order valence-corrected chi connectivity index (χ0v) is 10.2. The standard InChI is InChI=1S/C14H20O2/c1-5-7-14(8-6-2)10-11(15)13(3,4)9-12(14)16/h5-6H,1-2,7-10H2,3-4H3. The van der Waals surface area contributed by atoms with Gasteiger partial charge in [-0.25, -0.2) is 0 Å².